The molecule has 2 N–H and O–H groups in total. The van der Waals surface area contributed by atoms with Crippen LogP contribution in [0.15, 0.2) is 48.7 Å². The smallest absolute Gasteiger partial charge is 0.0651 e. The van der Waals surface area contributed by atoms with Gasteiger partial charge in [0.1, 0.15) is 0 Å². The van der Waals surface area contributed by atoms with Crippen LogP contribution in [0.4, 0.5) is 5.69 Å². The van der Waals surface area contributed by atoms with Gasteiger partial charge in [-0.1, -0.05) is 29.8 Å². The lowest BCUT2D eigenvalue weighted by Crippen LogP contribution is -2.35. The van der Waals surface area contributed by atoms with E-state index < -0.39 is 0 Å². The summed E-state index contributed by atoms with van der Waals surface area (Å²) in [5.41, 5.74) is 5.70. The van der Waals surface area contributed by atoms with E-state index in [0.29, 0.717) is 11.5 Å². The van der Waals surface area contributed by atoms with Crippen LogP contribution in [-0.4, -0.2) is 16.2 Å². The summed E-state index contributed by atoms with van der Waals surface area (Å²) < 4.78 is 0. The molecule has 3 nitrogen and oxygen atoms in total. The number of fused-ring (bicyclic) bond motifs is 3. The lowest BCUT2D eigenvalue weighted by atomic mass is 9.70. The van der Waals surface area contributed by atoms with Crippen molar-refractivity contribution in [2.24, 2.45) is 11.3 Å². The summed E-state index contributed by atoms with van der Waals surface area (Å²) in [4.78, 5) is 0. The minimum Gasteiger partial charge on any atom is -0.382 e. The number of benzene rings is 2. The van der Waals surface area contributed by atoms with Crippen molar-refractivity contribution in [2.45, 2.75) is 51.5 Å². The maximum absolute atomic E-state index is 4.13. The highest BCUT2D eigenvalue weighted by Gasteiger charge is 2.45. The van der Waals surface area contributed by atoms with Gasteiger partial charge in [-0.05, 0) is 80.5 Å². The third-order valence-corrected chi connectivity index (χ3v) is 6.61. The van der Waals surface area contributed by atoms with Crippen molar-refractivity contribution >= 4 is 16.6 Å². The Balaban J connectivity index is 1.33. The van der Waals surface area contributed by atoms with Crippen LogP contribution >= 0.6 is 0 Å². The Hall–Kier alpha value is -2.29. The van der Waals surface area contributed by atoms with Gasteiger partial charge in [-0.3, -0.25) is 5.10 Å². The number of aryl methyl sites for hydroxylation is 1. The first-order valence-corrected chi connectivity index (χ1v) is 9.93. The van der Waals surface area contributed by atoms with Gasteiger partial charge in [0, 0.05) is 17.1 Å². The van der Waals surface area contributed by atoms with Crippen LogP contribution in [0.25, 0.3) is 10.9 Å². The Morgan fingerprint density at radius 2 is 2.04 bits per heavy atom. The molecule has 2 aliphatic carbocycles. The van der Waals surface area contributed by atoms with Crippen molar-refractivity contribution in [3.8, 4) is 0 Å². The number of hydrogen-bond acceptors (Lipinski definition) is 2. The first-order chi connectivity index (χ1) is 12.7. The van der Waals surface area contributed by atoms with E-state index in [1.165, 1.54) is 60.7 Å². The minimum atomic E-state index is 0.496. The van der Waals surface area contributed by atoms with Crippen molar-refractivity contribution in [3.63, 3.8) is 0 Å². The van der Waals surface area contributed by atoms with Gasteiger partial charge >= 0.3 is 0 Å². The van der Waals surface area contributed by atoms with E-state index in [4.69, 9.17) is 0 Å². The highest BCUT2D eigenvalue weighted by molar-refractivity contribution is 5.81. The molecule has 0 amide bonds. The molecule has 3 atom stereocenters. The summed E-state index contributed by atoms with van der Waals surface area (Å²) in [6, 6.07) is 16.3. The maximum atomic E-state index is 4.13. The maximum Gasteiger partial charge on any atom is 0.0651 e. The predicted octanol–water partition coefficient (Wildman–Crippen LogP) is 5.47. The van der Waals surface area contributed by atoms with Crippen molar-refractivity contribution < 1.29 is 0 Å². The number of aromatic nitrogens is 2. The van der Waals surface area contributed by atoms with Crippen LogP contribution in [0.2, 0.25) is 0 Å². The molecule has 3 heteroatoms. The summed E-state index contributed by atoms with van der Waals surface area (Å²) >= 11 is 0. The van der Waals surface area contributed by atoms with Gasteiger partial charge in [0.2, 0.25) is 0 Å². The Morgan fingerprint density at radius 1 is 1.15 bits per heavy atom. The van der Waals surface area contributed by atoms with Gasteiger partial charge in [0.15, 0.2) is 0 Å². The van der Waals surface area contributed by atoms with E-state index >= 15 is 0 Å². The SMILES string of the molecule is Cc1ccc(CC23CCC(CC(Nc4ccc5[nH]ncc5c4)C2)C3)cc1. The molecule has 3 aromatic rings. The van der Waals surface area contributed by atoms with Gasteiger partial charge in [0.05, 0.1) is 11.7 Å². The Kier molecular flexibility index (Phi) is 3.77. The zero-order valence-electron chi connectivity index (χ0n) is 15.5. The highest BCUT2D eigenvalue weighted by atomic mass is 15.1. The van der Waals surface area contributed by atoms with Gasteiger partial charge < -0.3 is 5.32 Å². The lowest BCUT2D eigenvalue weighted by molar-refractivity contribution is 0.196. The number of nitrogens with zero attached hydrogens (tertiary/aromatic N) is 1. The minimum absolute atomic E-state index is 0.496. The third kappa shape index (κ3) is 3.00. The molecule has 5 rings (SSSR count). The summed E-state index contributed by atoms with van der Waals surface area (Å²) in [6.07, 6.45) is 9.97. The summed E-state index contributed by atoms with van der Waals surface area (Å²) in [7, 11) is 0. The van der Waals surface area contributed by atoms with E-state index in [1.54, 1.807) is 0 Å². The van der Waals surface area contributed by atoms with Crippen molar-refractivity contribution in [3.05, 3.63) is 59.8 Å². The van der Waals surface area contributed by atoms with Crippen LogP contribution in [0.5, 0.6) is 0 Å². The quantitative estimate of drug-likeness (QED) is 0.658. The highest BCUT2D eigenvalue weighted by Crippen LogP contribution is 2.53. The van der Waals surface area contributed by atoms with Crippen LogP contribution in [-0.2, 0) is 6.42 Å². The molecule has 2 aliphatic rings. The fourth-order valence-corrected chi connectivity index (χ4v) is 5.47. The zero-order chi connectivity index (χ0) is 17.6. The largest absolute Gasteiger partial charge is 0.382 e. The third-order valence-electron chi connectivity index (χ3n) is 6.61. The molecule has 1 aromatic heterocycles. The van der Waals surface area contributed by atoms with E-state index in [-0.39, 0.29) is 0 Å². The molecule has 3 unspecified atom stereocenters. The fourth-order valence-electron chi connectivity index (χ4n) is 5.47. The zero-order valence-corrected chi connectivity index (χ0v) is 15.5. The molecule has 134 valence electrons. The van der Waals surface area contributed by atoms with Gasteiger partial charge in [-0.15, -0.1) is 0 Å². The normalized spacial score (nSPS) is 27.7. The van der Waals surface area contributed by atoms with E-state index in [2.05, 4.69) is 64.9 Å². The standard InChI is InChI=1S/C23H27N3/c1-16-2-4-17(5-3-16)12-23-9-8-18(13-23)10-21(14-23)25-20-6-7-22-19(11-20)15-24-26-22/h2-7,11,15,18,21,25H,8-10,12-14H2,1H3,(H,24,26). The summed E-state index contributed by atoms with van der Waals surface area (Å²) in [5.74, 6) is 0.893. The van der Waals surface area contributed by atoms with Crippen LogP contribution < -0.4 is 5.32 Å². The molecule has 0 spiro atoms. The van der Waals surface area contributed by atoms with Gasteiger partial charge in [-0.25, -0.2) is 0 Å². The van der Waals surface area contributed by atoms with Crippen molar-refractivity contribution in [2.75, 3.05) is 5.32 Å². The fraction of sp³-hybridized carbons (Fsp3) is 0.435. The topological polar surface area (TPSA) is 40.7 Å². The Morgan fingerprint density at radius 3 is 2.92 bits per heavy atom. The van der Waals surface area contributed by atoms with Crippen LogP contribution in [0.3, 0.4) is 0 Å². The number of hydrogen-bond donors (Lipinski definition) is 2. The molecule has 26 heavy (non-hydrogen) atoms. The molecule has 1 heterocycles. The molecule has 2 fully saturated rings. The van der Waals surface area contributed by atoms with Gasteiger partial charge in [-0.2, -0.15) is 5.10 Å². The van der Waals surface area contributed by atoms with E-state index in [1.807, 2.05) is 6.20 Å². The van der Waals surface area contributed by atoms with E-state index in [9.17, 15) is 0 Å². The number of nitrogens with one attached hydrogen (secondary N) is 2. The second kappa shape index (κ2) is 6.15. The van der Waals surface area contributed by atoms with Crippen LogP contribution in [0.1, 0.15) is 43.2 Å². The number of H-pyrrole nitrogens is 1. The molecular weight excluding hydrogens is 318 g/mol. The molecule has 0 radical (unpaired) electrons. The van der Waals surface area contributed by atoms with Crippen LogP contribution in [0, 0.1) is 18.3 Å². The molecule has 2 saturated carbocycles. The average Bonchev–Trinajstić information content (AvgIpc) is 3.21. The molecule has 2 aromatic carbocycles. The summed E-state index contributed by atoms with van der Waals surface area (Å²) in [5, 5.41) is 12.2. The van der Waals surface area contributed by atoms with E-state index in [0.717, 1.165) is 11.4 Å². The second-order valence-corrected chi connectivity index (χ2v) is 8.72. The molecule has 0 saturated heterocycles. The van der Waals surface area contributed by atoms with Gasteiger partial charge in [0.25, 0.3) is 0 Å². The molecule has 0 aliphatic heterocycles. The Bertz CT molecular complexity index is 911. The Labute approximate surface area is 155 Å². The molecular formula is C23H27N3. The number of rotatable bonds is 4. The predicted molar refractivity (Wildman–Crippen MR) is 107 cm³/mol. The second-order valence-electron chi connectivity index (χ2n) is 8.72. The monoisotopic (exact) mass is 345 g/mol. The number of anilines is 1. The van der Waals surface area contributed by atoms with Crippen molar-refractivity contribution in [1.82, 2.24) is 10.2 Å². The lowest BCUT2D eigenvalue weighted by Gasteiger charge is -2.39. The first kappa shape index (κ1) is 15.9. The number of aromatic amines is 1. The molecule has 2 bridgehead atoms. The van der Waals surface area contributed by atoms with Crippen molar-refractivity contribution in [1.29, 1.82) is 0 Å². The summed E-state index contributed by atoms with van der Waals surface area (Å²) in [6.45, 7) is 2.17. The average molecular weight is 345 g/mol. The first-order valence-electron chi connectivity index (χ1n) is 9.93.